The summed E-state index contributed by atoms with van der Waals surface area (Å²) >= 11 is 1.25. The smallest absolute Gasteiger partial charge is 0.250 e. The van der Waals surface area contributed by atoms with Crippen LogP contribution in [0.4, 0.5) is 0 Å². The van der Waals surface area contributed by atoms with Crippen LogP contribution in [0.2, 0.25) is 0 Å². The highest BCUT2D eigenvalue weighted by Crippen LogP contribution is 2.41. The van der Waals surface area contributed by atoms with Gasteiger partial charge in [-0.2, -0.15) is 5.10 Å². The highest BCUT2D eigenvalue weighted by Gasteiger charge is 2.21. The second-order valence-corrected chi connectivity index (χ2v) is 9.33. The van der Waals surface area contributed by atoms with Gasteiger partial charge >= 0.3 is 0 Å². The number of hydrogen-bond acceptors (Lipinski definition) is 9. The SMILES string of the molecule is CCCOc1ccc(C=NNC(=O)CSc2nnc(-c3cc(OC)c(OC)c(OC)c3)n2-c2ccccc2)cc1. The maximum Gasteiger partial charge on any atom is 0.250 e. The summed E-state index contributed by atoms with van der Waals surface area (Å²) in [5, 5.41) is 13.4. The summed E-state index contributed by atoms with van der Waals surface area (Å²) in [7, 11) is 4.67. The molecule has 0 aliphatic carbocycles. The Hall–Kier alpha value is -4.51. The van der Waals surface area contributed by atoms with E-state index in [4.69, 9.17) is 18.9 Å². The largest absolute Gasteiger partial charge is 0.494 e. The van der Waals surface area contributed by atoms with Gasteiger partial charge in [-0.15, -0.1) is 10.2 Å². The molecule has 1 amide bonds. The number of carbonyl (C=O) groups excluding carboxylic acids is 1. The molecule has 208 valence electrons. The van der Waals surface area contributed by atoms with Crippen molar-refractivity contribution in [3.8, 4) is 40.1 Å². The fourth-order valence-corrected chi connectivity index (χ4v) is 4.53. The van der Waals surface area contributed by atoms with Crippen molar-refractivity contribution in [3.63, 3.8) is 0 Å². The van der Waals surface area contributed by atoms with Gasteiger partial charge in [0.05, 0.1) is 39.9 Å². The second-order valence-electron chi connectivity index (χ2n) is 8.39. The highest BCUT2D eigenvalue weighted by molar-refractivity contribution is 7.99. The van der Waals surface area contributed by atoms with Crippen molar-refractivity contribution in [2.45, 2.75) is 18.5 Å². The quantitative estimate of drug-likeness (QED) is 0.138. The Kier molecular flexibility index (Phi) is 10.0. The van der Waals surface area contributed by atoms with Crippen LogP contribution in [0.1, 0.15) is 18.9 Å². The standard InChI is InChI=1S/C29H31N5O5S/c1-5-15-39-23-13-11-20(12-14-23)18-30-31-26(35)19-40-29-33-32-28(34(29)22-9-7-6-8-10-22)21-16-24(36-2)27(38-4)25(17-21)37-3/h6-14,16-18H,5,15,19H2,1-4H3,(H,31,35). The number of aromatic nitrogens is 3. The number of carbonyl (C=O) groups is 1. The lowest BCUT2D eigenvalue weighted by Crippen LogP contribution is -2.20. The summed E-state index contributed by atoms with van der Waals surface area (Å²) in [5.41, 5.74) is 4.95. The van der Waals surface area contributed by atoms with E-state index in [0.717, 1.165) is 23.4 Å². The summed E-state index contributed by atoms with van der Waals surface area (Å²) in [6.07, 6.45) is 2.53. The van der Waals surface area contributed by atoms with Crippen molar-refractivity contribution in [3.05, 3.63) is 72.3 Å². The van der Waals surface area contributed by atoms with E-state index in [1.165, 1.54) is 11.8 Å². The van der Waals surface area contributed by atoms with E-state index in [1.807, 2.05) is 71.3 Å². The van der Waals surface area contributed by atoms with Gasteiger partial charge in [0.15, 0.2) is 22.5 Å². The Balaban J connectivity index is 1.51. The molecule has 0 aliphatic heterocycles. The van der Waals surface area contributed by atoms with E-state index >= 15 is 0 Å². The van der Waals surface area contributed by atoms with Crippen molar-refractivity contribution >= 4 is 23.9 Å². The minimum Gasteiger partial charge on any atom is -0.494 e. The number of hydrogen-bond donors (Lipinski definition) is 1. The molecule has 0 aliphatic rings. The topological polar surface area (TPSA) is 109 Å². The van der Waals surface area contributed by atoms with Crippen LogP contribution in [0.15, 0.2) is 77.0 Å². The fourth-order valence-electron chi connectivity index (χ4n) is 3.78. The van der Waals surface area contributed by atoms with Crippen molar-refractivity contribution in [1.29, 1.82) is 0 Å². The number of hydrazone groups is 1. The van der Waals surface area contributed by atoms with Crippen LogP contribution in [-0.4, -0.2) is 60.6 Å². The molecule has 1 aromatic heterocycles. The van der Waals surface area contributed by atoms with Gasteiger partial charge in [-0.3, -0.25) is 9.36 Å². The fraction of sp³-hybridized carbons (Fsp3) is 0.241. The third-order valence-corrected chi connectivity index (χ3v) is 6.59. The zero-order valence-corrected chi connectivity index (χ0v) is 23.6. The number of nitrogens with one attached hydrogen (secondary N) is 1. The minimum atomic E-state index is -0.277. The van der Waals surface area contributed by atoms with E-state index in [1.54, 1.807) is 27.5 Å². The first-order valence-corrected chi connectivity index (χ1v) is 13.5. The molecule has 0 radical (unpaired) electrons. The van der Waals surface area contributed by atoms with Crippen molar-refractivity contribution < 1.29 is 23.7 Å². The molecule has 0 atom stereocenters. The van der Waals surface area contributed by atoms with Gasteiger partial charge in [-0.25, -0.2) is 5.43 Å². The normalized spacial score (nSPS) is 10.9. The zero-order valence-electron chi connectivity index (χ0n) is 22.8. The molecule has 3 aromatic carbocycles. The third kappa shape index (κ3) is 6.92. The zero-order chi connectivity index (χ0) is 28.3. The molecule has 1 heterocycles. The Morgan fingerprint density at radius 1 is 0.975 bits per heavy atom. The van der Waals surface area contributed by atoms with Gasteiger partial charge in [0.2, 0.25) is 5.75 Å². The summed E-state index contributed by atoms with van der Waals surface area (Å²) in [5.74, 6) is 2.63. The second kappa shape index (κ2) is 14.0. The first-order valence-electron chi connectivity index (χ1n) is 12.6. The molecule has 0 fully saturated rings. The van der Waals surface area contributed by atoms with Crippen LogP contribution >= 0.6 is 11.8 Å². The lowest BCUT2D eigenvalue weighted by Gasteiger charge is -2.15. The highest BCUT2D eigenvalue weighted by atomic mass is 32.2. The molecular formula is C29H31N5O5S. The molecule has 0 saturated heterocycles. The number of benzene rings is 3. The number of nitrogens with zero attached hydrogens (tertiary/aromatic N) is 4. The lowest BCUT2D eigenvalue weighted by molar-refractivity contribution is -0.118. The molecule has 1 N–H and O–H groups in total. The van der Waals surface area contributed by atoms with Gasteiger partial charge in [-0.1, -0.05) is 36.9 Å². The molecule has 11 heteroatoms. The average molecular weight is 562 g/mol. The maximum atomic E-state index is 12.6. The van der Waals surface area contributed by atoms with Crippen LogP contribution in [-0.2, 0) is 4.79 Å². The van der Waals surface area contributed by atoms with Gasteiger partial charge in [-0.05, 0) is 60.5 Å². The number of amides is 1. The number of ether oxygens (including phenoxy) is 4. The molecule has 0 unspecified atom stereocenters. The molecule has 4 rings (SSSR count). The lowest BCUT2D eigenvalue weighted by atomic mass is 10.1. The van der Waals surface area contributed by atoms with E-state index < -0.39 is 0 Å². The van der Waals surface area contributed by atoms with Crippen LogP contribution in [0.25, 0.3) is 17.1 Å². The summed E-state index contributed by atoms with van der Waals surface area (Å²) < 4.78 is 24.0. The van der Waals surface area contributed by atoms with Gasteiger partial charge < -0.3 is 18.9 Å². The summed E-state index contributed by atoms with van der Waals surface area (Å²) in [6.45, 7) is 2.73. The van der Waals surface area contributed by atoms with Crippen molar-refractivity contribution in [1.82, 2.24) is 20.2 Å². The Morgan fingerprint density at radius 3 is 2.30 bits per heavy atom. The molecule has 40 heavy (non-hydrogen) atoms. The first kappa shape index (κ1) is 28.5. The predicted octanol–water partition coefficient (Wildman–Crippen LogP) is 4.99. The predicted molar refractivity (Wildman–Crippen MR) is 155 cm³/mol. The maximum absolute atomic E-state index is 12.6. The van der Waals surface area contributed by atoms with Crippen LogP contribution < -0.4 is 24.4 Å². The number of rotatable bonds is 13. The van der Waals surface area contributed by atoms with Gasteiger partial charge in [0.25, 0.3) is 5.91 Å². The minimum absolute atomic E-state index is 0.0847. The average Bonchev–Trinajstić information content (AvgIpc) is 3.43. The monoisotopic (exact) mass is 561 g/mol. The molecule has 4 aromatic rings. The van der Waals surface area contributed by atoms with Crippen LogP contribution in [0.3, 0.4) is 0 Å². The first-order chi connectivity index (χ1) is 19.6. The molecule has 0 saturated carbocycles. The third-order valence-electron chi connectivity index (χ3n) is 5.66. The molecule has 10 nitrogen and oxygen atoms in total. The van der Waals surface area contributed by atoms with Crippen LogP contribution in [0, 0.1) is 0 Å². The van der Waals surface area contributed by atoms with E-state index in [0.29, 0.717) is 40.4 Å². The summed E-state index contributed by atoms with van der Waals surface area (Å²) in [6, 6.07) is 20.8. The van der Waals surface area contributed by atoms with E-state index in [9.17, 15) is 4.79 Å². The summed E-state index contributed by atoms with van der Waals surface area (Å²) in [4.78, 5) is 12.6. The Bertz CT molecular complexity index is 1420. The molecule has 0 spiro atoms. The van der Waals surface area contributed by atoms with Crippen molar-refractivity contribution in [2.24, 2.45) is 5.10 Å². The molecule has 0 bridgehead atoms. The Labute approximate surface area is 237 Å². The number of thioether (sulfide) groups is 1. The van der Waals surface area contributed by atoms with E-state index in [2.05, 4.69) is 27.6 Å². The van der Waals surface area contributed by atoms with Gasteiger partial charge in [0.1, 0.15) is 5.75 Å². The van der Waals surface area contributed by atoms with Gasteiger partial charge in [0, 0.05) is 11.3 Å². The molecular weight excluding hydrogens is 530 g/mol. The van der Waals surface area contributed by atoms with E-state index in [-0.39, 0.29) is 11.7 Å². The van der Waals surface area contributed by atoms with Crippen LogP contribution in [0.5, 0.6) is 23.0 Å². The number of methoxy groups -OCH3 is 3. The van der Waals surface area contributed by atoms with Crippen molar-refractivity contribution in [2.75, 3.05) is 33.7 Å². The number of para-hydroxylation sites is 1. The Morgan fingerprint density at radius 2 is 1.68 bits per heavy atom.